The molecular weight excluding hydrogens is 194 g/mol. The van der Waals surface area contributed by atoms with Crippen LogP contribution in [0.3, 0.4) is 0 Å². The summed E-state index contributed by atoms with van der Waals surface area (Å²) in [7, 11) is -0.521. The monoisotopic (exact) mass is 213 g/mol. The van der Waals surface area contributed by atoms with Crippen molar-refractivity contribution >= 4 is 10.8 Å². The summed E-state index contributed by atoms with van der Waals surface area (Å²) in [6.45, 7) is 0. The molecule has 2 aliphatic rings. The molecule has 14 heavy (non-hydrogen) atoms. The largest absolute Gasteiger partial charge is 0.311 e. The highest BCUT2D eigenvalue weighted by molar-refractivity contribution is 7.85. The molecule has 1 unspecified atom stereocenters. The van der Waals surface area contributed by atoms with Crippen LogP contribution in [0.1, 0.15) is 32.1 Å². The molecule has 1 saturated heterocycles. The zero-order valence-electron chi connectivity index (χ0n) is 8.58. The lowest BCUT2D eigenvalue weighted by Gasteiger charge is -2.28. The Hall–Kier alpha value is -0.150. The molecule has 3 heteroatoms. The lowest BCUT2D eigenvalue weighted by molar-refractivity contribution is 0.383. The summed E-state index contributed by atoms with van der Waals surface area (Å²) >= 11 is 0. The molecule has 0 bridgehead atoms. The van der Waals surface area contributed by atoms with Crippen LogP contribution in [0.5, 0.6) is 0 Å². The number of rotatable bonds is 2. The van der Waals surface area contributed by atoms with Gasteiger partial charge in [-0.3, -0.25) is 4.21 Å². The van der Waals surface area contributed by atoms with Gasteiger partial charge < -0.3 is 5.32 Å². The summed E-state index contributed by atoms with van der Waals surface area (Å²) < 4.78 is 11.2. The van der Waals surface area contributed by atoms with E-state index in [9.17, 15) is 4.21 Å². The van der Waals surface area contributed by atoms with Crippen LogP contribution in [-0.2, 0) is 10.8 Å². The molecule has 0 aromatic rings. The summed E-state index contributed by atoms with van der Waals surface area (Å²) in [4.78, 5) is 0. The number of allylic oxidation sites excluding steroid dienone is 1. The van der Waals surface area contributed by atoms with E-state index in [1.54, 1.807) is 0 Å². The molecule has 1 fully saturated rings. The molecule has 0 aromatic carbocycles. The van der Waals surface area contributed by atoms with Gasteiger partial charge in [-0.15, -0.1) is 0 Å². The van der Waals surface area contributed by atoms with Crippen LogP contribution in [0.15, 0.2) is 12.2 Å². The number of hydrogen-bond donors (Lipinski definition) is 1. The Balaban J connectivity index is 1.74. The number of hydrogen-bond acceptors (Lipinski definition) is 2. The van der Waals surface area contributed by atoms with E-state index in [1.165, 1.54) is 19.3 Å². The zero-order chi connectivity index (χ0) is 9.80. The van der Waals surface area contributed by atoms with Gasteiger partial charge in [0, 0.05) is 34.4 Å². The number of nitrogens with one attached hydrogen (secondary N) is 1. The van der Waals surface area contributed by atoms with Gasteiger partial charge >= 0.3 is 0 Å². The predicted octanol–water partition coefficient (Wildman–Crippen LogP) is 1.60. The maximum Gasteiger partial charge on any atom is 0.0249 e. The molecule has 1 heterocycles. The molecule has 80 valence electrons. The Kier molecular flexibility index (Phi) is 3.76. The van der Waals surface area contributed by atoms with Crippen LogP contribution < -0.4 is 5.32 Å². The predicted molar refractivity (Wildman–Crippen MR) is 60.8 cm³/mol. The first kappa shape index (κ1) is 10.4. The summed E-state index contributed by atoms with van der Waals surface area (Å²) in [5.41, 5.74) is 0. The lowest BCUT2D eigenvalue weighted by Crippen LogP contribution is -2.42. The minimum absolute atomic E-state index is 0.521. The van der Waals surface area contributed by atoms with Crippen molar-refractivity contribution in [3.63, 3.8) is 0 Å². The second-order valence-electron chi connectivity index (χ2n) is 4.27. The van der Waals surface area contributed by atoms with Gasteiger partial charge in [-0.25, -0.2) is 0 Å². The van der Waals surface area contributed by atoms with Crippen molar-refractivity contribution in [2.24, 2.45) is 0 Å². The Labute approximate surface area is 88.6 Å². The van der Waals surface area contributed by atoms with E-state index in [0.717, 1.165) is 24.3 Å². The van der Waals surface area contributed by atoms with E-state index in [1.807, 2.05) is 0 Å². The highest BCUT2D eigenvalue weighted by Crippen LogP contribution is 2.15. The zero-order valence-corrected chi connectivity index (χ0v) is 9.39. The third-order valence-corrected chi connectivity index (χ3v) is 4.51. The Morgan fingerprint density at radius 3 is 2.50 bits per heavy atom. The average molecular weight is 213 g/mol. The van der Waals surface area contributed by atoms with E-state index in [4.69, 9.17) is 0 Å². The van der Waals surface area contributed by atoms with Crippen molar-refractivity contribution in [1.29, 1.82) is 0 Å². The van der Waals surface area contributed by atoms with Crippen molar-refractivity contribution in [3.8, 4) is 0 Å². The van der Waals surface area contributed by atoms with Gasteiger partial charge in [-0.1, -0.05) is 12.2 Å². The van der Waals surface area contributed by atoms with Gasteiger partial charge in [0.15, 0.2) is 0 Å². The minimum atomic E-state index is -0.521. The van der Waals surface area contributed by atoms with Crippen LogP contribution in [0.25, 0.3) is 0 Å². The Morgan fingerprint density at radius 2 is 1.86 bits per heavy atom. The van der Waals surface area contributed by atoms with Crippen molar-refractivity contribution < 1.29 is 4.21 Å². The molecule has 2 rings (SSSR count). The molecule has 0 aromatic heterocycles. The average Bonchev–Trinajstić information content (AvgIpc) is 2.23. The third-order valence-electron chi connectivity index (χ3n) is 3.13. The van der Waals surface area contributed by atoms with Gasteiger partial charge in [0.05, 0.1) is 0 Å². The van der Waals surface area contributed by atoms with E-state index in [0.29, 0.717) is 12.1 Å². The molecule has 1 N–H and O–H groups in total. The van der Waals surface area contributed by atoms with Gasteiger partial charge in [0.25, 0.3) is 0 Å². The van der Waals surface area contributed by atoms with Gasteiger partial charge in [-0.05, 0) is 32.1 Å². The first-order chi connectivity index (χ1) is 6.84. The van der Waals surface area contributed by atoms with E-state index < -0.39 is 10.8 Å². The van der Waals surface area contributed by atoms with Crippen molar-refractivity contribution in [2.75, 3.05) is 11.5 Å². The Bertz CT molecular complexity index is 229. The maximum absolute atomic E-state index is 11.2. The fraction of sp³-hybridized carbons (Fsp3) is 0.818. The summed E-state index contributed by atoms with van der Waals surface area (Å²) in [6, 6.07) is 1.31. The molecule has 0 spiro atoms. The highest BCUT2D eigenvalue weighted by atomic mass is 32.2. The summed E-state index contributed by atoms with van der Waals surface area (Å²) in [5.74, 6) is 1.81. The fourth-order valence-electron chi connectivity index (χ4n) is 2.24. The topological polar surface area (TPSA) is 29.1 Å². The van der Waals surface area contributed by atoms with Crippen LogP contribution in [0.2, 0.25) is 0 Å². The molecule has 0 saturated carbocycles. The summed E-state index contributed by atoms with van der Waals surface area (Å²) in [5, 5.41) is 3.69. The second-order valence-corrected chi connectivity index (χ2v) is 5.97. The van der Waals surface area contributed by atoms with Crippen LogP contribution in [0, 0.1) is 0 Å². The SMILES string of the molecule is O=S1CCC(NC2CC=CCC2)CC1. The first-order valence-electron chi connectivity index (χ1n) is 5.60. The van der Waals surface area contributed by atoms with Crippen molar-refractivity contribution in [2.45, 2.75) is 44.2 Å². The van der Waals surface area contributed by atoms with E-state index >= 15 is 0 Å². The Morgan fingerprint density at radius 1 is 1.07 bits per heavy atom. The van der Waals surface area contributed by atoms with E-state index in [2.05, 4.69) is 17.5 Å². The molecule has 0 radical (unpaired) electrons. The van der Waals surface area contributed by atoms with Crippen molar-refractivity contribution in [1.82, 2.24) is 5.32 Å². The minimum Gasteiger partial charge on any atom is -0.311 e. The van der Waals surface area contributed by atoms with Crippen LogP contribution in [-0.4, -0.2) is 27.8 Å². The smallest absolute Gasteiger partial charge is 0.0249 e. The lowest BCUT2D eigenvalue weighted by atomic mass is 10.00. The first-order valence-corrected chi connectivity index (χ1v) is 7.09. The van der Waals surface area contributed by atoms with Crippen molar-refractivity contribution in [3.05, 3.63) is 12.2 Å². The van der Waals surface area contributed by atoms with Gasteiger partial charge in [0.1, 0.15) is 0 Å². The standard InChI is InChI=1S/C11H19NOS/c13-14-8-6-11(7-9-14)12-10-4-2-1-3-5-10/h1-2,10-12H,3-9H2. The third kappa shape index (κ3) is 2.92. The normalized spacial score (nSPS) is 38.4. The summed E-state index contributed by atoms with van der Waals surface area (Å²) in [6.07, 6.45) is 10.4. The molecule has 1 atom stereocenters. The maximum atomic E-state index is 11.2. The van der Waals surface area contributed by atoms with Crippen LogP contribution >= 0.6 is 0 Å². The molecule has 1 aliphatic heterocycles. The highest BCUT2D eigenvalue weighted by Gasteiger charge is 2.20. The molecule has 1 aliphatic carbocycles. The van der Waals surface area contributed by atoms with Gasteiger partial charge in [0.2, 0.25) is 0 Å². The molecule has 0 amide bonds. The molecular formula is C11H19NOS. The molecule has 2 nitrogen and oxygen atoms in total. The van der Waals surface area contributed by atoms with Gasteiger partial charge in [-0.2, -0.15) is 0 Å². The second kappa shape index (κ2) is 5.08. The fourth-order valence-corrected chi connectivity index (χ4v) is 3.54. The quantitative estimate of drug-likeness (QED) is 0.706. The van der Waals surface area contributed by atoms with Crippen LogP contribution in [0.4, 0.5) is 0 Å². The van der Waals surface area contributed by atoms with E-state index in [-0.39, 0.29) is 0 Å².